The van der Waals surface area contributed by atoms with E-state index in [0.29, 0.717) is 0 Å². The Morgan fingerprint density at radius 3 is 2.65 bits per heavy atom. The minimum absolute atomic E-state index is 0.759. The van der Waals surface area contributed by atoms with E-state index in [0.717, 1.165) is 30.4 Å². The molecule has 0 unspecified atom stereocenters. The second kappa shape index (κ2) is 7.73. The van der Waals surface area contributed by atoms with Gasteiger partial charge in [0.2, 0.25) is 0 Å². The average Bonchev–Trinajstić information content (AvgIpc) is 3.01. The first-order valence-electron chi connectivity index (χ1n) is 8.71. The van der Waals surface area contributed by atoms with Crippen LogP contribution >= 0.6 is 11.6 Å². The van der Waals surface area contributed by atoms with Gasteiger partial charge in [-0.15, -0.1) is 0 Å². The molecule has 26 heavy (non-hydrogen) atoms. The molecular weight excluding hydrogens is 342 g/mol. The fourth-order valence-electron chi connectivity index (χ4n) is 3.25. The van der Waals surface area contributed by atoms with Crippen molar-refractivity contribution in [2.75, 3.05) is 0 Å². The Morgan fingerprint density at radius 1 is 0.923 bits per heavy atom. The number of nitrogens with one attached hydrogen (secondary N) is 1. The van der Waals surface area contributed by atoms with Gasteiger partial charge in [-0.1, -0.05) is 48.0 Å². The van der Waals surface area contributed by atoms with Gasteiger partial charge < -0.3 is 9.88 Å². The first-order valence-corrected chi connectivity index (χ1v) is 9.09. The quantitative estimate of drug-likeness (QED) is 0.522. The molecule has 2 heterocycles. The van der Waals surface area contributed by atoms with Gasteiger partial charge in [-0.3, -0.25) is 4.98 Å². The van der Waals surface area contributed by atoms with Gasteiger partial charge >= 0.3 is 0 Å². The van der Waals surface area contributed by atoms with Crippen LogP contribution in [-0.2, 0) is 19.6 Å². The Bertz CT molecular complexity index is 1010. The smallest absolute Gasteiger partial charge is 0.0541 e. The lowest BCUT2D eigenvalue weighted by molar-refractivity contribution is 0.679. The van der Waals surface area contributed by atoms with Crippen LogP contribution in [0.2, 0.25) is 5.02 Å². The largest absolute Gasteiger partial charge is 0.343 e. The summed E-state index contributed by atoms with van der Waals surface area (Å²) in [7, 11) is 0. The second-order valence-electron chi connectivity index (χ2n) is 6.35. The third-order valence-corrected chi connectivity index (χ3v) is 4.70. The summed E-state index contributed by atoms with van der Waals surface area (Å²) >= 11 is 6.14. The van der Waals surface area contributed by atoms with Crippen molar-refractivity contribution >= 4 is 22.5 Å². The van der Waals surface area contributed by atoms with E-state index in [1.54, 1.807) is 0 Å². The molecule has 2 aromatic carbocycles. The second-order valence-corrected chi connectivity index (χ2v) is 6.79. The molecule has 0 aliphatic rings. The predicted octanol–water partition coefficient (Wildman–Crippen LogP) is 5.03. The SMILES string of the molecule is Clc1cccc(Cn2cc(CNCc3ccccn3)c3ccccc32)c1. The normalized spacial score (nSPS) is 11.1. The number of hydrogen-bond acceptors (Lipinski definition) is 2. The highest BCUT2D eigenvalue weighted by Gasteiger charge is 2.08. The average molecular weight is 362 g/mol. The van der Waals surface area contributed by atoms with Gasteiger partial charge in [0.25, 0.3) is 0 Å². The maximum atomic E-state index is 6.14. The van der Waals surface area contributed by atoms with E-state index in [2.05, 4.69) is 51.4 Å². The standard InChI is InChI=1S/C22H20ClN3/c23-19-7-5-6-17(12-19)15-26-16-18(21-9-1-2-10-22(21)26)13-24-14-20-8-3-4-11-25-20/h1-12,16,24H,13-15H2. The Hall–Kier alpha value is -2.62. The lowest BCUT2D eigenvalue weighted by Crippen LogP contribution is -2.13. The Labute approximate surface area is 158 Å². The van der Waals surface area contributed by atoms with Crippen molar-refractivity contribution in [3.8, 4) is 0 Å². The van der Waals surface area contributed by atoms with Crippen molar-refractivity contribution in [1.82, 2.24) is 14.9 Å². The third-order valence-electron chi connectivity index (χ3n) is 4.46. The van der Waals surface area contributed by atoms with E-state index < -0.39 is 0 Å². The highest BCUT2D eigenvalue weighted by molar-refractivity contribution is 6.30. The summed E-state index contributed by atoms with van der Waals surface area (Å²) in [5.41, 5.74) is 4.78. The predicted molar refractivity (Wildman–Crippen MR) is 107 cm³/mol. The number of aromatic nitrogens is 2. The van der Waals surface area contributed by atoms with Crippen LogP contribution in [0.1, 0.15) is 16.8 Å². The molecule has 0 fully saturated rings. The van der Waals surface area contributed by atoms with E-state index in [-0.39, 0.29) is 0 Å². The Balaban J connectivity index is 1.55. The van der Waals surface area contributed by atoms with Crippen LogP contribution in [0.15, 0.2) is 79.1 Å². The minimum atomic E-state index is 0.759. The summed E-state index contributed by atoms with van der Waals surface area (Å²) in [5.74, 6) is 0. The maximum Gasteiger partial charge on any atom is 0.0541 e. The van der Waals surface area contributed by atoms with Crippen molar-refractivity contribution in [2.24, 2.45) is 0 Å². The van der Waals surface area contributed by atoms with Crippen molar-refractivity contribution in [1.29, 1.82) is 0 Å². The van der Waals surface area contributed by atoms with Gasteiger partial charge in [0.1, 0.15) is 0 Å². The molecule has 3 nitrogen and oxygen atoms in total. The summed E-state index contributed by atoms with van der Waals surface area (Å²) in [4.78, 5) is 4.36. The number of hydrogen-bond donors (Lipinski definition) is 1. The van der Waals surface area contributed by atoms with Crippen LogP contribution < -0.4 is 5.32 Å². The van der Waals surface area contributed by atoms with Crippen LogP contribution in [0.3, 0.4) is 0 Å². The molecule has 4 aromatic rings. The molecule has 1 N–H and O–H groups in total. The number of fused-ring (bicyclic) bond motifs is 1. The maximum absolute atomic E-state index is 6.14. The number of benzene rings is 2. The van der Waals surface area contributed by atoms with E-state index >= 15 is 0 Å². The molecule has 0 aliphatic heterocycles. The zero-order valence-electron chi connectivity index (χ0n) is 14.4. The summed E-state index contributed by atoms with van der Waals surface area (Å²) in [6, 6.07) is 22.6. The highest BCUT2D eigenvalue weighted by atomic mass is 35.5. The first kappa shape index (κ1) is 16.8. The minimum Gasteiger partial charge on any atom is -0.343 e. The van der Waals surface area contributed by atoms with E-state index in [9.17, 15) is 0 Å². The van der Waals surface area contributed by atoms with Crippen molar-refractivity contribution < 1.29 is 0 Å². The molecule has 2 aromatic heterocycles. The first-order chi connectivity index (χ1) is 12.8. The fourth-order valence-corrected chi connectivity index (χ4v) is 3.47. The molecule has 0 amide bonds. The van der Waals surface area contributed by atoms with Crippen LogP contribution in [0, 0.1) is 0 Å². The summed E-state index contributed by atoms with van der Waals surface area (Å²) in [6.45, 7) is 2.37. The van der Waals surface area contributed by atoms with Crippen molar-refractivity contribution in [3.05, 3.63) is 101 Å². The molecule has 0 bridgehead atoms. The zero-order chi connectivity index (χ0) is 17.8. The van der Waals surface area contributed by atoms with Crippen molar-refractivity contribution in [3.63, 3.8) is 0 Å². The van der Waals surface area contributed by atoms with Gasteiger partial charge in [0.05, 0.1) is 5.69 Å². The Kier molecular flexibility index (Phi) is 5.00. The third kappa shape index (κ3) is 3.79. The number of halogens is 1. The molecule has 4 heteroatoms. The van der Waals surface area contributed by atoms with E-state index in [4.69, 9.17) is 11.6 Å². The van der Waals surface area contributed by atoms with Crippen LogP contribution in [-0.4, -0.2) is 9.55 Å². The van der Waals surface area contributed by atoms with Crippen LogP contribution in [0.5, 0.6) is 0 Å². The summed E-state index contributed by atoms with van der Waals surface area (Å²) in [6.07, 6.45) is 4.06. The van der Waals surface area contributed by atoms with Gasteiger partial charge in [-0.05, 0) is 41.5 Å². The van der Waals surface area contributed by atoms with Gasteiger partial charge in [-0.2, -0.15) is 0 Å². The Morgan fingerprint density at radius 2 is 1.81 bits per heavy atom. The van der Waals surface area contributed by atoms with Crippen molar-refractivity contribution in [2.45, 2.75) is 19.6 Å². The number of para-hydroxylation sites is 1. The zero-order valence-corrected chi connectivity index (χ0v) is 15.2. The number of nitrogens with zero attached hydrogens (tertiary/aromatic N) is 2. The molecular formula is C22H20ClN3. The number of pyridine rings is 1. The van der Waals surface area contributed by atoms with E-state index in [1.807, 2.05) is 42.6 Å². The molecule has 130 valence electrons. The molecule has 0 saturated carbocycles. The molecule has 0 aliphatic carbocycles. The lowest BCUT2D eigenvalue weighted by Gasteiger charge is -2.06. The highest BCUT2D eigenvalue weighted by Crippen LogP contribution is 2.23. The molecule has 0 radical (unpaired) electrons. The molecule has 0 saturated heterocycles. The van der Waals surface area contributed by atoms with Gasteiger partial charge in [0, 0.05) is 48.0 Å². The van der Waals surface area contributed by atoms with Crippen LogP contribution in [0.25, 0.3) is 10.9 Å². The van der Waals surface area contributed by atoms with Gasteiger partial charge in [-0.25, -0.2) is 0 Å². The molecule has 0 spiro atoms. The lowest BCUT2D eigenvalue weighted by atomic mass is 10.2. The van der Waals surface area contributed by atoms with E-state index in [1.165, 1.54) is 22.0 Å². The summed E-state index contributed by atoms with van der Waals surface area (Å²) < 4.78 is 2.29. The summed E-state index contributed by atoms with van der Waals surface area (Å²) in [5, 5.41) is 5.55. The van der Waals surface area contributed by atoms with Crippen LogP contribution in [0.4, 0.5) is 0 Å². The van der Waals surface area contributed by atoms with Gasteiger partial charge in [0.15, 0.2) is 0 Å². The fraction of sp³-hybridized carbons (Fsp3) is 0.136. The molecule has 0 atom stereocenters. The number of rotatable bonds is 6. The molecule has 4 rings (SSSR count). The monoisotopic (exact) mass is 361 g/mol. The topological polar surface area (TPSA) is 29.9 Å².